The molecule has 130 valence electrons. The first kappa shape index (κ1) is 17.4. The van der Waals surface area contributed by atoms with Gasteiger partial charge in [-0.05, 0) is 31.0 Å². The highest BCUT2D eigenvalue weighted by atomic mass is 32.1. The van der Waals surface area contributed by atoms with E-state index in [1.807, 2.05) is 24.3 Å². The molecule has 0 saturated carbocycles. The van der Waals surface area contributed by atoms with Crippen molar-refractivity contribution in [1.29, 1.82) is 0 Å². The molecule has 3 aromatic rings. The lowest BCUT2D eigenvalue weighted by Gasteiger charge is -2.07. The van der Waals surface area contributed by atoms with Gasteiger partial charge in [0.05, 0.1) is 18.8 Å². The molecule has 5 nitrogen and oxygen atoms in total. The molecule has 0 fully saturated rings. The second-order valence-electron chi connectivity index (χ2n) is 5.86. The number of rotatable bonds is 6. The molecule has 1 aromatic carbocycles. The first-order chi connectivity index (χ1) is 12.0. The van der Waals surface area contributed by atoms with Gasteiger partial charge in [0.25, 0.3) is 5.56 Å². The third-order valence-electron chi connectivity index (χ3n) is 4.14. The summed E-state index contributed by atoms with van der Waals surface area (Å²) in [5.41, 5.74) is 1.78. The van der Waals surface area contributed by atoms with Crippen molar-refractivity contribution in [2.24, 2.45) is 0 Å². The number of nitrogens with zero attached hydrogens (tertiary/aromatic N) is 2. The fraction of sp³-hybridized carbons (Fsp3) is 0.316. The van der Waals surface area contributed by atoms with Gasteiger partial charge in [0.2, 0.25) is 0 Å². The van der Waals surface area contributed by atoms with Gasteiger partial charge in [-0.1, -0.05) is 19.1 Å². The Balaban J connectivity index is 2.23. The predicted molar refractivity (Wildman–Crippen MR) is 101 cm³/mol. The zero-order valence-corrected chi connectivity index (χ0v) is 15.4. The monoisotopic (exact) mass is 356 g/mol. The number of aromatic nitrogens is 2. The SMILES string of the molecule is CCc1sc2ncn(CCC(C)=O)c(=O)c2c1-c1cccc(OC)c1. The zero-order chi connectivity index (χ0) is 18.0. The number of methoxy groups -OCH3 is 1. The molecule has 0 bridgehead atoms. The Kier molecular flexibility index (Phi) is 4.99. The molecule has 0 atom stereocenters. The number of fused-ring (bicyclic) bond motifs is 1. The van der Waals surface area contributed by atoms with Crippen LogP contribution in [-0.2, 0) is 17.8 Å². The summed E-state index contributed by atoms with van der Waals surface area (Å²) >= 11 is 1.55. The highest BCUT2D eigenvalue weighted by Gasteiger charge is 2.18. The topological polar surface area (TPSA) is 61.2 Å². The van der Waals surface area contributed by atoms with Crippen molar-refractivity contribution in [3.8, 4) is 16.9 Å². The fourth-order valence-electron chi connectivity index (χ4n) is 2.84. The van der Waals surface area contributed by atoms with Crippen LogP contribution < -0.4 is 10.3 Å². The minimum absolute atomic E-state index is 0.0552. The zero-order valence-electron chi connectivity index (χ0n) is 14.5. The van der Waals surface area contributed by atoms with E-state index in [4.69, 9.17) is 4.74 Å². The maximum absolute atomic E-state index is 13.0. The molecule has 0 amide bonds. The summed E-state index contributed by atoms with van der Waals surface area (Å²) in [4.78, 5) is 30.6. The predicted octanol–water partition coefficient (Wildman–Crippen LogP) is 3.68. The fourth-order valence-corrected chi connectivity index (χ4v) is 3.93. The van der Waals surface area contributed by atoms with Crippen molar-refractivity contribution in [2.75, 3.05) is 7.11 Å². The number of hydrogen-bond acceptors (Lipinski definition) is 5. The Morgan fingerprint density at radius 3 is 2.84 bits per heavy atom. The summed E-state index contributed by atoms with van der Waals surface area (Å²) in [5, 5.41) is 0.626. The van der Waals surface area contributed by atoms with E-state index >= 15 is 0 Å². The number of carbonyl (C=O) groups is 1. The summed E-state index contributed by atoms with van der Waals surface area (Å²) in [7, 11) is 1.63. The van der Waals surface area contributed by atoms with Crippen molar-refractivity contribution >= 4 is 27.3 Å². The number of benzene rings is 1. The Hall–Kier alpha value is -2.47. The lowest BCUT2D eigenvalue weighted by molar-refractivity contribution is -0.117. The Morgan fingerprint density at radius 1 is 1.36 bits per heavy atom. The van der Waals surface area contributed by atoms with E-state index in [0.29, 0.717) is 18.4 Å². The summed E-state index contributed by atoms with van der Waals surface area (Å²) in [6.07, 6.45) is 2.69. The van der Waals surface area contributed by atoms with Gasteiger partial charge in [-0.2, -0.15) is 0 Å². The Bertz CT molecular complexity index is 988. The number of carbonyl (C=O) groups excluding carboxylic acids is 1. The highest BCUT2D eigenvalue weighted by molar-refractivity contribution is 7.19. The van der Waals surface area contributed by atoms with E-state index in [1.54, 1.807) is 24.8 Å². The smallest absolute Gasteiger partial charge is 0.262 e. The number of aryl methyl sites for hydroxylation is 2. The molecule has 0 radical (unpaired) electrons. The van der Waals surface area contributed by atoms with Crippen LogP contribution in [0.25, 0.3) is 21.3 Å². The molecule has 0 spiro atoms. The standard InChI is InChI=1S/C19H20N2O3S/c1-4-15-16(13-6-5-7-14(10-13)24-3)17-18(25-15)20-11-21(19(17)23)9-8-12(2)22/h5-7,10-11H,4,8-9H2,1-3H3. The van der Waals surface area contributed by atoms with Crippen LogP contribution in [0, 0.1) is 0 Å². The van der Waals surface area contributed by atoms with Gasteiger partial charge >= 0.3 is 0 Å². The molecule has 2 aromatic heterocycles. The number of hydrogen-bond donors (Lipinski definition) is 0. The summed E-state index contributed by atoms with van der Waals surface area (Å²) in [5.74, 6) is 0.805. The van der Waals surface area contributed by atoms with E-state index in [1.165, 1.54) is 11.5 Å². The maximum atomic E-state index is 13.0. The lowest BCUT2D eigenvalue weighted by atomic mass is 10.0. The second-order valence-corrected chi connectivity index (χ2v) is 6.94. The summed E-state index contributed by atoms with van der Waals surface area (Å²) < 4.78 is 6.85. The van der Waals surface area contributed by atoms with E-state index in [2.05, 4.69) is 11.9 Å². The molecular formula is C19H20N2O3S. The lowest BCUT2D eigenvalue weighted by Crippen LogP contribution is -2.21. The van der Waals surface area contributed by atoms with Gasteiger partial charge in [0.15, 0.2) is 0 Å². The van der Waals surface area contributed by atoms with Crippen LogP contribution in [0.1, 0.15) is 25.1 Å². The molecule has 25 heavy (non-hydrogen) atoms. The molecule has 0 aliphatic heterocycles. The van der Waals surface area contributed by atoms with Gasteiger partial charge in [0, 0.05) is 23.4 Å². The summed E-state index contributed by atoms with van der Waals surface area (Å²) in [6, 6.07) is 7.72. The number of ketones is 1. The molecule has 0 unspecified atom stereocenters. The molecule has 3 rings (SSSR count). The van der Waals surface area contributed by atoms with Crippen LogP contribution in [0.15, 0.2) is 35.4 Å². The maximum Gasteiger partial charge on any atom is 0.262 e. The molecule has 0 aliphatic rings. The first-order valence-corrected chi connectivity index (χ1v) is 9.01. The van der Waals surface area contributed by atoms with Crippen LogP contribution in [0.4, 0.5) is 0 Å². The van der Waals surface area contributed by atoms with Crippen LogP contribution in [0.3, 0.4) is 0 Å². The third kappa shape index (κ3) is 3.35. The molecule has 0 aliphatic carbocycles. The van der Waals surface area contributed by atoms with Crippen molar-refractivity contribution in [2.45, 2.75) is 33.2 Å². The largest absolute Gasteiger partial charge is 0.497 e. The molecule has 2 heterocycles. The van der Waals surface area contributed by atoms with E-state index in [0.717, 1.165) is 33.0 Å². The van der Waals surface area contributed by atoms with E-state index in [9.17, 15) is 9.59 Å². The van der Waals surface area contributed by atoms with Crippen LogP contribution >= 0.6 is 11.3 Å². The van der Waals surface area contributed by atoms with Crippen LogP contribution in [0.2, 0.25) is 0 Å². The van der Waals surface area contributed by atoms with E-state index < -0.39 is 0 Å². The highest BCUT2D eigenvalue weighted by Crippen LogP contribution is 2.37. The number of ether oxygens (including phenoxy) is 1. The van der Waals surface area contributed by atoms with Crippen molar-refractivity contribution in [3.63, 3.8) is 0 Å². The molecule has 0 N–H and O–H groups in total. The molecule has 0 saturated heterocycles. The molecule has 6 heteroatoms. The van der Waals surface area contributed by atoms with Crippen molar-refractivity contribution < 1.29 is 9.53 Å². The second kappa shape index (κ2) is 7.19. The van der Waals surface area contributed by atoms with Gasteiger partial charge in [0.1, 0.15) is 16.4 Å². The van der Waals surface area contributed by atoms with Gasteiger partial charge in [-0.3, -0.25) is 14.2 Å². The van der Waals surface area contributed by atoms with Gasteiger partial charge in [-0.15, -0.1) is 11.3 Å². The van der Waals surface area contributed by atoms with Crippen molar-refractivity contribution in [3.05, 3.63) is 45.8 Å². The van der Waals surface area contributed by atoms with Gasteiger partial charge < -0.3 is 4.74 Å². The normalized spacial score (nSPS) is 11.0. The Labute approximate surface area is 149 Å². The Morgan fingerprint density at radius 2 is 2.16 bits per heavy atom. The minimum atomic E-state index is -0.0972. The van der Waals surface area contributed by atoms with Crippen LogP contribution in [-0.4, -0.2) is 22.4 Å². The van der Waals surface area contributed by atoms with Crippen molar-refractivity contribution in [1.82, 2.24) is 9.55 Å². The number of Topliss-reactive ketones (excluding diaryl/α,β-unsaturated/α-hetero) is 1. The van der Waals surface area contributed by atoms with Gasteiger partial charge in [-0.25, -0.2) is 4.98 Å². The number of thiophene rings is 1. The van der Waals surface area contributed by atoms with E-state index in [-0.39, 0.29) is 11.3 Å². The average molecular weight is 356 g/mol. The summed E-state index contributed by atoms with van der Waals surface area (Å²) in [6.45, 7) is 3.95. The third-order valence-corrected chi connectivity index (χ3v) is 5.38. The quantitative estimate of drug-likeness (QED) is 0.676. The molecular weight excluding hydrogens is 336 g/mol. The first-order valence-electron chi connectivity index (χ1n) is 8.19. The minimum Gasteiger partial charge on any atom is -0.497 e. The van der Waals surface area contributed by atoms with Crippen LogP contribution in [0.5, 0.6) is 5.75 Å². The average Bonchev–Trinajstić information content (AvgIpc) is 3.00.